The first kappa shape index (κ1) is 23.7. The van der Waals surface area contributed by atoms with Crippen LogP contribution in [0.15, 0.2) is 33.7 Å². The molecular formula is C24H31N5O5. The number of fused-ring (bicyclic) bond motifs is 1. The summed E-state index contributed by atoms with van der Waals surface area (Å²) in [5, 5.41) is 15.3. The summed E-state index contributed by atoms with van der Waals surface area (Å²) in [6.07, 6.45) is 4.79. The smallest absolute Gasteiger partial charge is 0.260 e. The summed E-state index contributed by atoms with van der Waals surface area (Å²) >= 11 is 0. The Bertz CT molecular complexity index is 1090. The minimum atomic E-state index is -0.749. The molecule has 10 nitrogen and oxygen atoms in total. The lowest BCUT2D eigenvalue weighted by Crippen LogP contribution is -2.45. The van der Waals surface area contributed by atoms with Gasteiger partial charge in [0.15, 0.2) is 5.84 Å². The normalized spacial score (nSPS) is 19.5. The van der Waals surface area contributed by atoms with Gasteiger partial charge >= 0.3 is 0 Å². The van der Waals surface area contributed by atoms with Gasteiger partial charge in [-0.15, -0.1) is 0 Å². The Morgan fingerprint density at radius 1 is 1.21 bits per heavy atom. The lowest BCUT2D eigenvalue weighted by Gasteiger charge is -2.25. The molecule has 3 heterocycles. The highest BCUT2D eigenvalue weighted by molar-refractivity contribution is 5.99. The second-order valence-electron chi connectivity index (χ2n) is 8.87. The molecule has 4 rings (SSSR count). The van der Waals surface area contributed by atoms with Crippen molar-refractivity contribution < 1.29 is 18.9 Å². The van der Waals surface area contributed by atoms with E-state index in [1.807, 2.05) is 25.1 Å². The largest absolute Gasteiger partial charge is 0.461 e. The molecule has 2 aliphatic rings. The molecule has 2 saturated heterocycles. The van der Waals surface area contributed by atoms with Crippen molar-refractivity contribution in [3.63, 3.8) is 0 Å². The molecule has 1 unspecified atom stereocenters. The highest BCUT2D eigenvalue weighted by atomic mass is 16.6. The van der Waals surface area contributed by atoms with Crippen molar-refractivity contribution in [1.82, 2.24) is 9.80 Å². The van der Waals surface area contributed by atoms with Crippen molar-refractivity contribution in [3.8, 4) is 0 Å². The van der Waals surface area contributed by atoms with Crippen LogP contribution in [-0.2, 0) is 16.0 Å². The van der Waals surface area contributed by atoms with Gasteiger partial charge in [0.05, 0.1) is 6.54 Å². The number of hydrogen-bond donors (Lipinski definition) is 1. The van der Waals surface area contributed by atoms with E-state index in [4.69, 9.17) is 4.42 Å². The standard InChI is InChI=1S/C24H31N5O5/c1-2-19-14-17-13-18(8-9-21(17)34-19)25-22(15-29(32)33)26-20-7-3-4-12-28(24(20)31)16-23(30)27-10-5-6-11-27/h8-9,13-14,20H,2-7,10-12,15-16H2,1H3,(H,25,26). The van der Waals surface area contributed by atoms with Crippen LogP contribution < -0.4 is 5.32 Å². The highest BCUT2D eigenvalue weighted by Gasteiger charge is 2.30. The number of furan rings is 1. The molecule has 2 aliphatic heterocycles. The van der Waals surface area contributed by atoms with Gasteiger partial charge in [0.1, 0.15) is 17.4 Å². The Morgan fingerprint density at radius 3 is 2.71 bits per heavy atom. The van der Waals surface area contributed by atoms with Gasteiger partial charge < -0.3 is 19.5 Å². The lowest BCUT2D eigenvalue weighted by atomic mass is 10.1. The zero-order valence-corrected chi connectivity index (χ0v) is 19.5. The molecule has 1 aromatic heterocycles. The molecule has 0 bridgehead atoms. The molecule has 0 radical (unpaired) electrons. The average Bonchev–Trinajstić information content (AvgIpc) is 3.45. The maximum absolute atomic E-state index is 13.2. The van der Waals surface area contributed by atoms with E-state index >= 15 is 0 Å². The third-order valence-electron chi connectivity index (χ3n) is 6.33. The molecule has 1 N–H and O–H groups in total. The number of likely N-dealkylation sites (tertiary alicyclic amines) is 2. The van der Waals surface area contributed by atoms with Gasteiger partial charge in [-0.1, -0.05) is 6.92 Å². The summed E-state index contributed by atoms with van der Waals surface area (Å²) in [4.78, 5) is 44.5. The number of nitrogens with zero attached hydrogens (tertiary/aromatic N) is 4. The van der Waals surface area contributed by atoms with Crippen LogP contribution in [-0.4, -0.2) is 71.1 Å². The van der Waals surface area contributed by atoms with Crippen molar-refractivity contribution in [2.24, 2.45) is 4.99 Å². The third-order valence-corrected chi connectivity index (χ3v) is 6.33. The topological polar surface area (TPSA) is 121 Å². The molecule has 2 aromatic rings. The minimum absolute atomic E-state index is 0.0414. The second-order valence-corrected chi connectivity index (χ2v) is 8.87. The van der Waals surface area contributed by atoms with Gasteiger partial charge in [0.25, 0.3) is 6.54 Å². The van der Waals surface area contributed by atoms with Crippen LogP contribution >= 0.6 is 0 Å². The van der Waals surface area contributed by atoms with Crippen LogP contribution in [0, 0.1) is 10.1 Å². The number of rotatable bonds is 7. The number of amidine groups is 1. The van der Waals surface area contributed by atoms with Crippen molar-refractivity contribution in [1.29, 1.82) is 0 Å². The van der Waals surface area contributed by atoms with Crippen LogP contribution in [0.3, 0.4) is 0 Å². The average molecular weight is 470 g/mol. The van der Waals surface area contributed by atoms with Gasteiger partial charge in [0.2, 0.25) is 11.8 Å². The number of hydrogen-bond acceptors (Lipinski definition) is 6. The van der Waals surface area contributed by atoms with E-state index in [2.05, 4.69) is 10.3 Å². The molecule has 0 aliphatic carbocycles. The Hall–Kier alpha value is -3.43. The van der Waals surface area contributed by atoms with Gasteiger partial charge in [-0.3, -0.25) is 24.7 Å². The van der Waals surface area contributed by atoms with E-state index < -0.39 is 17.5 Å². The molecule has 10 heteroatoms. The molecule has 0 saturated carbocycles. The number of aliphatic imine (C=N–C) groups is 1. The first-order chi connectivity index (χ1) is 16.4. The number of anilines is 1. The van der Waals surface area contributed by atoms with Crippen LogP contribution in [0.4, 0.5) is 5.69 Å². The Labute approximate surface area is 198 Å². The van der Waals surface area contributed by atoms with Crippen molar-refractivity contribution in [3.05, 3.63) is 40.1 Å². The van der Waals surface area contributed by atoms with E-state index in [0.717, 1.165) is 61.9 Å². The molecule has 34 heavy (non-hydrogen) atoms. The van der Waals surface area contributed by atoms with E-state index in [-0.39, 0.29) is 24.2 Å². The molecule has 1 aromatic carbocycles. The third kappa shape index (κ3) is 5.73. The number of nitrogens with one attached hydrogen (secondary N) is 1. The summed E-state index contributed by atoms with van der Waals surface area (Å²) < 4.78 is 5.72. The van der Waals surface area contributed by atoms with Crippen LogP contribution in [0.2, 0.25) is 0 Å². The summed E-state index contributed by atoms with van der Waals surface area (Å²) in [5.41, 5.74) is 1.38. The number of carbonyl (C=O) groups excluding carboxylic acids is 2. The number of aryl methyl sites for hydroxylation is 1. The van der Waals surface area contributed by atoms with Gasteiger partial charge in [-0.05, 0) is 56.4 Å². The summed E-state index contributed by atoms with van der Waals surface area (Å²) in [6.45, 7) is 3.49. The van der Waals surface area contributed by atoms with Crippen LogP contribution in [0.5, 0.6) is 0 Å². The van der Waals surface area contributed by atoms with Crippen molar-refractivity contribution >= 4 is 34.3 Å². The number of amides is 2. The van der Waals surface area contributed by atoms with Crippen molar-refractivity contribution in [2.45, 2.75) is 51.5 Å². The van der Waals surface area contributed by atoms with E-state index in [1.54, 1.807) is 15.9 Å². The number of carbonyl (C=O) groups is 2. The zero-order chi connectivity index (χ0) is 24.1. The predicted octanol–water partition coefficient (Wildman–Crippen LogP) is 3.09. The first-order valence-electron chi connectivity index (χ1n) is 12.0. The maximum Gasteiger partial charge on any atom is 0.260 e. The monoisotopic (exact) mass is 469 g/mol. The SMILES string of the molecule is CCc1cc2cc(NC(C[N+](=O)[O-])=NC3CCCCN(CC(=O)N4CCCC4)C3=O)ccc2o1. The fourth-order valence-electron chi connectivity index (χ4n) is 4.53. The Morgan fingerprint density at radius 2 is 1.97 bits per heavy atom. The predicted molar refractivity (Wildman–Crippen MR) is 129 cm³/mol. The Balaban J connectivity index is 1.52. The van der Waals surface area contributed by atoms with E-state index in [9.17, 15) is 19.7 Å². The van der Waals surface area contributed by atoms with Gasteiger partial charge in [0, 0.05) is 42.1 Å². The lowest BCUT2D eigenvalue weighted by molar-refractivity contribution is -0.463. The summed E-state index contributed by atoms with van der Waals surface area (Å²) in [5.74, 6) is 0.693. The molecule has 2 amide bonds. The zero-order valence-electron chi connectivity index (χ0n) is 19.5. The van der Waals surface area contributed by atoms with Crippen LogP contribution in [0.1, 0.15) is 44.8 Å². The van der Waals surface area contributed by atoms with E-state index in [1.165, 1.54) is 0 Å². The minimum Gasteiger partial charge on any atom is -0.461 e. The van der Waals surface area contributed by atoms with E-state index in [0.29, 0.717) is 18.7 Å². The number of benzene rings is 1. The molecule has 0 spiro atoms. The Kier molecular flexibility index (Phi) is 7.44. The van der Waals surface area contributed by atoms with Crippen LogP contribution in [0.25, 0.3) is 11.0 Å². The fourth-order valence-corrected chi connectivity index (χ4v) is 4.53. The quantitative estimate of drug-likeness (QED) is 0.288. The molecule has 182 valence electrons. The highest BCUT2D eigenvalue weighted by Crippen LogP contribution is 2.24. The fraction of sp³-hybridized carbons (Fsp3) is 0.542. The first-order valence-corrected chi connectivity index (χ1v) is 12.0. The molecular weight excluding hydrogens is 438 g/mol. The summed E-state index contributed by atoms with van der Waals surface area (Å²) in [6, 6.07) is 6.62. The van der Waals surface area contributed by atoms with Gasteiger partial charge in [-0.25, -0.2) is 0 Å². The van der Waals surface area contributed by atoms with Gasteiger partial charge in [-0.2, -0.15) is 0 Å². The van der Waals surface area contributed by atoms with Crippen molar-refractivity contribution in [2.75, 3.05) is 38.0 Å². The maximum atomic E-state index is 13.2. The second kappa shape index (κ2) is 10.7. The molecule has 1 atom stereocenters. The number of nitro groups is 1. The molecule has 2 fully saturated rings. The summed E-state index contributed by atoms with van der Waals surface area (Å²) in [7, 11) is 0.